The van der Waals surface area contributed by atoms with Crippen molar-refractivity contribution in [2.45, 2.75) is 51.0 Å². The summed E-state index contributed by atoms with van der Waals surface area (Å²) >= 11 is 0.953. The highest BCUT2D eigenvalue weighted by Gasteiger charge is 2.58. The van der Waals surface area contributed by atoms with E-state index in [0.29, 0.717) is 36.1 Å². The van der Waals surface area contributed by atoms with E-state index in [9.17, 15) is 27.9 Å². The summed E-state index contributed by atoms with van der Waals surface area (Å²) in [6.07, 6.45) is -0.951. The van der Waals surface area contributed by atoms with E-state index in [1.54, 1.807) is 28.9 Å². The number of hydroxylamine groups is 2. The van der Waals surface area contributed by atoms with Crippen LogP contribution >= 0.6 is 11.3 Å². The molecule has 4 rings (SSSR count). The van der Waals surface area contributed by atoms with Crippen molar-refractivity contribution in [1.82, 2.24) is 25.1 Å². The number of ether oxygens (including phenoxy) is 1. The molecule has 254 valence electrons. The number of hydrogen-bond donors (Lipinski definition) is 6. The first-order chi connectivity index (χ1) is 22.1. The van der Waals surface area contributed by atoms with Crippen LogP contribution in [-0.4, -0.2) is 92.2 Å². The molecule has 47 heavy (non-hydrogen) atoms. The number of carbonyl (C=O) groups is 3. The van der Waals surface area contributed by atoms with Gasteiger partial charge in [-0.25, -0.2) is 9.78 Å². The average Bonchev–Trinajstić information content (AvgIpc) is 3.64. The van der Waals surface area contributed by atoms with E-state index in [1.807, 2.05) is 6.07 Å². The van der Waals surface area contributed by atoms with Gasteiger partial charge >= 0.3 is 16.4 Å². The van der Waals surface area contributed by atoms with Crippen LogP contribution in [0.5, 0.6) is 5.75 Å². The number of nitrogens with one attached hydrogen (secondary N) is 1. The zero-order chi connectivity index (χ0) is 34.5. The number of nitrogens with zero attached hydrogens (tertiary/aromatic N) is 5. The summed E-state index contributed by atoms with van der Waals surface area (Å²) in [4.78, 5) is 46.8. The standard InChI is InChI=1S/C26H33N9O10S2/c1-26(2)21(23(37)35(26)45-47(40,41)42)31-22(36)20(18-13-46-25(29)30-18)33-44-19(24(38)39)12-43-16-6-4-14(5-7-16)17-10-15(11-28)34(32-17)9-3-8-27/h4-7,10,13,19,21H,3,8-9,11-12,27-28H2,1-2H3,(H2,29,30)(H,31,36)(H,38,39)(H,40,41,42)/b33-20-/t19?,21-/m1/s1. The van der Waals surface area contributed by atoms with E-state index in [2.05, 4.69) is 24.8 Å². The first kappa shape index (κ1) is 35.2. The molecular weight excluding hydrogens is 662 g/mol. The second kappa shape index (κ2) is 14.4. The first-order valence-corrected chi connectivity index (χ1v) is 16.1. The molecule has 1 aromatic carbocycles. The molecule has 1 aliphatic rings. The molecule has 1 unspecified atom stereocenters. The Labute approximate surface area is 272 Å². The number of carboxylic acid groups (broad SMARTS) is 1. The van der Waals surface area contributed by atoms with E-state index < -0.39 is 58.2 Å². The van der Waals surface area contributed by atoms with E-state index in [0.717, 1.165) is 29.0 Å². The molecule has 0 spiro atoms. The number of β-lactam (4-membered cyclic amide) rings is 1. The number of oxime groups is 1. The van der Waals surface area contributed by atoms with Crippen molar-refractivity contribution >= 4 is 50.4 Å². The summed E-state index contributed by atoms with van der Waals surface area (Å²) in [6.45, 7) is 3.64. The number of aliphatic carboxylic acids is 1. The molecule has 0 bridgehead atoms. The molecule has 1 aliphatic heterocycles. The first-order valence-electron chi connectivity index (χ1n) is 13.8. The van der Waals surface area contributed by atoms with Crippen LogP contribution in [0.15, 0.2) is 40.9 Å². The second-order valence-electron chi connectivity index (χ2n) is 10.6. The molecule has 1 saturated heterocycles. The van der Waals surface area contributed by atoms with Crippen molar-refractivity contribution in [3.05, 3.63) is 47.1 Å². The van der Waals surface area contributed by atoms with Crippen LogP contribution in [0.2, 0.25) is 0 Å². The van der Waals surface area contributed by atoms with Crippen molar-refractivity contribution in [1.29, 1.82) is 0 Å². The lowest BCUT2D eigenvalue weighted by molar-refractivity contribution is -0.218. The van der Waals surface area contributed by atoms with Gasteiger partial charge in [-0.05, 0) is 57.1 Å². The number of carbonyl (C=O) groups excluding carboxylic acids is 2. The van der Waals surface area contributed by atoms with Crippen LogP contribution in [0, 0.1) is 0 Å². The third-order valence-electron chi connectivity index (χ3n) is 6.85. The molecular formula is C26H33N9O10S2. The number of nitrogens with two attached hydrogens (primary N) is 3. The van der Waals surface area contributed by atoms with Crippen LogP contribution in [-0.2, 0) is 47.0 Å². The number of anilines is 1. The Kier molecular flexibility index (Phi) is 10.8. The maximum absolute atomic E-state index is 13.2. The predicted molar refractivity (Wildman–Crippen MR) is 166 cm³/mol. The monoisotopic (exact) mass is 695 g/mol. The average molecular weight is 696 g/mol. The van der Waals surface area contributed by atoms with Crippen molar-refractivity contribution < 1.29 is 46.3 Å². The van der Waals surface area contributed by atoms with Gasteiger partial charge in [0.1, 0.15) is 24.1 Å². The van der Waals surface area contributed by atoms with Gasteiger partial charge in [0, 0.05) is 24.0 Å². The molecule has 21 heteroatoms. The third kappa shape index (κ3) is 8.38. The molecule has 2 atom stereocenters. The number of nitrogen functional groups attached to an aromatic ring is 1. The molecule has 0 radical (unpaired) electrons. The Morgan fingerprint density at radius 1 is 1.23 bits per heavy atom. The number of aromatic nitrogens is 3. The molecule has 2 aromatic heterocycles. The molecule has 2 amide bonds. The van der Waals surface area contributed by atoms with Crippen LogP contribution in [0.1, 0.15) is 31.7 Å². The lowest BCUT2D eigenvalue weighted by Crippen LogP contribution is -2.76. The van der Waals surface area contributed by atoms with Crippen LogP contribution in [0.25, 0.3) is 11.3 Å². The fourth-order valence-electron chi connectivity index (χ4n) is 4.37. The Morgan fingerprint density at radius 2 is 1.94 bits per heavy atom. The Morgan fingerprint density at radius 3 is 2.49 bits per heavy atom. The van der Waals surface area contributed by atoms with Crippen molar-refractivity contribution in [2.24, 2.45) is 16.6 Å². The minimum absolute atomic E-state index is 0.0522. The van der Waals surface area contributed by atoms with E-state index in [1.165, 1.54) is 19.2 Å². The fraction of sp³-hybridized carbons (Fsp3) is 0.385. The van der Waals surface area contributed by atoms with Gasteiger partial charge in [-0.3, -0.25) is 18.8 Å². The summed E-state index contributed by atoms with van der Waals surface area (Å²) in [6, 6.07) is 7.24. The number of thiazole rings is 1. The molecule has 19 nitrogen and oxygen atoms in total. The SMILES string of the molecule is CC1(C)[C@H](NC(=O)/C(=N\OC(COc2ccc(-c3cc(CN)n(CCCN)n3)cc2)C(=O)O)c2csc(N)n2)C(=O)N1OS(=O)(=O)O. The highest BCUT2D eigenvalue weighted by Crippen LogP contribution is 2.33. The number of aryl methyl sites for hydroxylation is 1. The summed E-state index contributed by atoms with van der Waals surface area (Å²) in [5.41, 5.74) is 17.4. The Balaban J connectivity index is 1.45. The Bertz CT molecular complexity index is 1760. The molecule has 9 N–H and O–H groups in total. The largest absolute Gasteiger partial charge is 0.489 e. The molecule has 0 aliphatic carbocycles. The minimum atomic E-state index is -5.02. The lowest BCUT2D eigenvalue weighted by atomic mass is 9.84. The number of benzene rings is 1. The van der Waals surface area contributed by atoms with Crippen molar-refractivity contribution in [3.8, 4) is 17.0 Å². The number of rotatable bonds is 16. The minimum Gasteiger partial charge on any atom is -0.489 e. The van der Waals surface area contributed by atoms with E-state index in [-0.39, 0.29) is 10.8 Å². The number of hydrogen-bond acceptors (Lipinski definition) is 15. The van der Waals surface area contributed by atoms with E-state index in [4.69, 9.17) is 31.3 Å². The lowest BCUT2D eigenvalue weighted by Gasteiger charge is -2.50. The van der Waals surface area contributed by atoms with Crippen molar-refractivity contribution in [2.75, 3.05) is 18.9 Å². The van der Waals surface area contributed by atoms with Gasteiger partial charge in [0.25, 0.3) is 17.9 Å². The van der Waals surface area contributed by atoms with Gasteiger partial charge in [0.15, 0.2) is 10.8 Å². The molecule has 3 aromatic rings. The highest BCUT2D eigenvalue weighted by molar-refractivity contribution is 7.80. The molecule has 1 fully saturated rings. The van der Waals surface area contributed by atoms with E-state index >= 15 is 0 Å². The normalized spacial score (nSPS) is 16.8. The van der Waals surface area contributed by atoms with Crippen LogP contribution in [0.4, 0.5) is 5.13 Å². The third-order valence-corrected chi connectivity index (χ3v) is 7.86. The second-order valence-corrected chi connectivity index (χ2v) is 12.5. The van der Waals surface area contributed by atoms with Gasteiger partial charge in [0.05, 0.1) is 16.9 Å². The molecule has 3 heterocycles. The zero-order valence-electron chi connectivity index (χ0n) is 25.1. The predicted octanol–water partition coefficient (Wildman–Crippen LogP) is -0.511. The van der Waals surface area contributed by atoms with Crippen LogP contribution in [0.3, 0.4) is 0 Å². The zero-order valence-corrected chi connectivity index (χ0v) is 26.7. The summed E-state index contributed by atoms with van der Waals surface area (Å²) < 4.78 is 42.8. The topological polar surface area (TPSA) is 290 Å². The van der Waals surface area contributed by atoms with Crippen LogP contribution < -0.4 is 27.3 Å². The maximum Gasteiger partial charge on any atom is 0.418 e. The highest BCUT2D eigenvalue weighted by atomic mass is 32.3. The Hall–Kier alpha value is -4.67. The van der Waals surface area contributed by atoms with Gasteiger partial charge in [-0.2, -0.15) is 18.6 Å². The maximum atomic E-state index is 13.2. The van der Waals surface area contributed by atoms with Gasteiger partial charge < -0.3 is 37.2 Å². The summed E-state index contributed by atoms with van der Waals surface area (Å²) in [5, 5.41) is 22.2. The summed E-state index contributed by atoms with van der Waals surface area (Å²) in [5.74, 6) is -3.19. The molecule has 0 saturated carbocycles. The quantitative estimate of drug-likeness (QED) is 0.0476. The number of carboxylic acids is 1. The van der Waals surface area contributed by atoms with Gasteiger partial charge in [-0.1, -0.05) is 5.16 Å². The van der Waals surface area contributed by atoms with Gasteiger partial charge in [-0.15, -0.1) is 15.6 Å². The van der Waals surface area contributed by atoms with Gasteiger partial charge in [0.2, 0.25) is 0 Å². The smallest absolute Gasteiger partial charge is 0.418 e. The number of amides is 2. The van der Waals surface area contributed by atoms with Crippen molar-refractivity contribution in [3.63, 3.8) is 0 Å². The summed E-state index contributed by atoms with van der Waals surface area (Å²) in [7, 11) is -5.02. The fourth-order valence-corrected chi connectivity index (χ4v) is 5.37.